The van der Waals surface area contributed by atoms with Crippen LogP contribution >= 0.6 is 0 Å². The van der Waals surface area contributed by atoms with Gasteiger partial charge in [-0.2, -0.15) is 5.10 Å². The molecule has 0 radical (unpaired) electrons. The van der Waals surface area contributed by atoms with E-state index in [1.807, 2.05) is 4.68 Å². The molecule has 0 aromatic carbocycles. The molecule has 0 bridgehead atoms. The van der Waals surface area contributed by atoms with Crippen molar-refractivity contribution in [3.05, 3.63) is 12.2 Å². The van der Waals surface area contributed by atoms with Crippen LogP contribution in [0.2, 0.25) is 0 Å². The summed E-state index contributed by atoms with van der Waals surface area (Å²) in [6.45, 7) is 3.82. The molecule has 2 rings (SSSR count). The average Bonchev–Trinajstić information content (AvgIpc) is 2.78. The Morgan fingerprint density at radius 1 is 1.44 bits per heavy atom. The second-order valence-corrected chi connectivity index (χ2v) is 5.23. The number of likely N-dealkylation sites (N-methyl/N-ethyl adjacent to an activating group) is 1. The van der Waals surface area contributed by atoms with E-state index in [4.69, 9.17) is 0 Å². The van der Waals surface area contributed by atoms with E-state index in [0.29, 0.717) is 0 Å². The van der Waals surface area contributed by atoms with Gasteiger partial charge in [0.15, 0.2) is 0 Å². The van der Waals surface area contributed by atoms with Crippen molar-refractivity contribution in [3.8, 4) is 0 Å². The molecule has 18 heavy (non-hydrogen) atoms. The second kappa shape index (κ2) is 6.29. The fourth-order valence-corrected chi connectivity index (χ4v) is 2.76. The summed E-state index contributed by atoms with van der Waals surface area (Å²) < 4.78 is 1.96. The molecule has 1 aliphatic carbocycles. The average molecular weight is 252 g/mol. The zero-order valence-corrected chi connectivity index (χ0v) is 11.4. The Morgan fingerprint density at radius 2 is 2.22 bits per heavy atom. The Labute approximate surface area is 109 Å². The zero-order chi connectivity index (χ0) is 13.0. The summed E-state index contributed by atoms with van der Waals surface area (Å²) in [5.41, 5.74) is 0. The Balaban J connectivity index is 1.97. The van der Waals surface area contributed by atoms with Crippen LogP contribution in [0.3, 0.4) is 0 Å². The molecule has 1 fully saturated rings. The molecule has 1 aromatic heterocycles. The van der Waals surface area contributed by atoms with Crippen molar-refractivity contribution in [1.82, 2.24) is 19.7 Å². The van der Waals surface area contributed by atoms with E-state index in [2.05, 4.69) is 29.0 Å². The van der Waals surface area contributed by atoms with Crippen molar-refractivity contribution in [1.29, 1.82) is 0 Å². The minimum Gasteiger partial charge on any atom is -0.391 e. The van der Waals surface area contributed by atoms with E-state index in [-0.39, 0.29) is 12.1 Å². The topological polar surface area (TPSA) is 54.2 Å². The molecular formula is C13H24N4O. The molecular weight excluding hydrogens is 228 g/mol. The summed E-state index contributed by atoms with van der Waals surface area (Å²) in [6, 6.07) is 0.269. The maximum atomic E-state index is 10.1. The highest BCUT2D eigenvalue weighted by atomic mass is 16.3. The lowest BCUT2D eigenvalue weighted by molar-refractivity contribution is 0.0272. The maximum Gasteiger partial charge on any atom is 0.141 e. The van der Waals surface area contributed by atoms with Gasteiger partial charge in [0.25, 0.3) is 0 Å². The lowest BCUT2D eigenvalue weighted by atomic mass is 9.91. The molecule has 0 amide bonds. The van der Waals surface area contributed by atoms with Gasteiger partial charge in [-0.05, 0) is 26.3 Å². The summed E-state index contributed by atoms with van der Waals surface area (Å²) >= 11 is 0. The highest BCUT2D eigenvalue weighted by Crippen LogP contribution is 2.23. The molecule has 1 aromatic rings. The highest BCUT2D eigenvalue weighted by Gasteiger charge is 2.27. The number of nitrogens with zero attached hydrogens (tertiary/aromatic N) is 4. The number of hydrogen-bond donors (Lipinski definition) is 1. The predicted octanol–water partition coefficient (Wildman–Crippen LogP) is 1.42. The number of aliphatic hydroxyl groups excluding tert-OH is 1. The first-order valence-corrected chi connectivity index (χ1v) is 6.97. The molecule has 1 N–H and O–H groups in total. The number of aromatic nitrogens is 3. The van der Waals surface area contributed by atoms with Gasteiger partial charge in [-0.15, -0.1) is 0 Å². The molecule has 1 saturated carbocycles. The first kappa shape index (κ1) is 13.5. The summed E-state index contributed by atoms with van der Waals surface area (Å²) in [6.07, 6.45) is 6.87. The molecule has 5 nitrogen and oxygen atoms in total. The molecule has 0 saturated heterocycles. The molecule has 0 spiro atoms. The lowest BCUT2D eigenvalue weighted by Gasteiger charge is -2.34. The Hall–Kier alpha value is -0.940. The summed E-state index contributed by atoms with van der Waals surface area (Å²) in [5.74, 6) is 0.997. The van der Waals surface area contributed by atoms with Crippen molar-refractivity contribution in [2.45, 2.75) is 64.3 Å². The van der Waals surface area contributed by atoms with Gasteiger partial charge in [0.1, 0.15) is 12.2 Å². The van der Waals surface area contributed by atoms with Crippen LogP contribution < -0.4 is 0 Å². The SMILES string of the molecule is CCCn1ncnc1CN(C)C1CCCCC1O. The Morgan fingerprint density at radius 3 is 2.94 bits per heavy atom. The third kappa shape index (κ3) is 3.09. The fourth-order valence-electron chi connectivity index (χ4n) is 2.76. The second-order valence-electron chi connectivity index (χ2n) is 5.23. The van der Waals surface area contributed by atoms with Crippen molar-refractivity contribution < 1.29 is 5.11 Å². The van der Waals surface area contributed by atoms with Gasteiger partial charge in [0.2, 0.25) is 0 Å². The maximum absolute atomic E-state index is 10.1. The fraction of sp³-hybridized carbons (Fsp3) is 0.846. The first-order chi connectivity index (χ1) is 8.72. The van der Waals surface area contributed by atoms with Crippen molar-refractivity contribution in [2.75, 3.05) is 7.05 Å². The third-order valence-electron chi connectivity index (χ3n) is 3.78. The molecule has 0 aliphatic heterocycles. The monoisotopic (exact) mass is 252 g/mol. The molecule has 2 atom stereocenters. The van der Waals surface area contributed by atoms with Crippen molar-refractivity contribution in [2.24, 2.45) is 0 Å². The summed E-state index contributed by atoms with van der Waals surface area (Å²) in [7, 11) is 2.07. The molecule has 5 heteroatoms. The van der Waals surface area contributed by atoms with Crippen molar-refractivity contribution >= 4 is 0 Å². The van der Waals surface area contributed by atoms with Gasteiger partial charge in [0.05, 0.1) is 12.6 Å². The number of aryl methyl sites for hydroxylation is 1. The first-order valence-electron chi connectivity index (χ1n) is 6.97. The zero-order valence-electron chi connectivity index (χ0n) is 11.4. The van der Waals surface area contributed by atoms with Crippen LogP contribution in [0.1, 0.15) is 44.9 Å². The van der Waals surface area contributed by atoms with Crippen LogP contribution in [0.15, 0.2) is 6.33 Å². The molecule has 1 heterocycles. The number of hydrogen-bond acceptors (Lipinski definition) is 4. The smallest absolute Gasteiger partial charge is 0.141 e. The largest absolute Gasteiger partial charge is 0.391 e. The quantitative estimate of drug-likeness (QED) is 0.861. The minimum atomic E-state index is -0.189. The summed E-state index contributed by atoms with van der Waals surface area (Å²) in [4.78, 5) is 6.55. The Bertz CT molecular complexity index is 366. The van der Waals surface area contributed by atoms with Crippen LogP contribution in [0.5, 0.6) is 0 Å². The minimum absolute atomic E-state index is 0.189. The van der Waals surface area contributed by atoms with Crippen LogP contribution in [-0.4, -0.2) is 44.0 Å². The lowest BCUT2D eigenvalue weighted by Crippen LogP contribution is -2.43. The summed E-state index contributed by atoms with van der Waals surface area (Å²) in [5, 5.41) is 14.3. The Kier molecular flexibility index (Phi) is 4.72. The molecule has 1 aliphatic rings. The van der Waals surface area contributed by atoms with E-state index in [1.54, 1.807) is 6.33 Å². The number of rotatable bonds is 5. The van der Waals surface area contributed by atoms with Gasteiger partial charge >= 0.3 is 0 Å². The van der Waals surface area contributed by atoms with Gasteiger partial charge in [-0.25, -0.2) is 9.67 Å². The van der Waals surface area contributed by atoms with Crippen LogP contribution in [-0.2, 0) is 13.1 Å². The standard InChI is InChI=1S/C13H24N4O/c1-3-8-17-13(14-10-15-17)9-16(2)11-6-4-5-7-12(11)18/h10-12,18H,3-9H2,1-2H3. The highest BCUT2D eigenvalue weighted by molar-refractivity contribution is 4.88. The van der Waals surface area contributed by atoms with Gasteiger partial charge < -0.3 is 5.11 Å². The number of aliphatic hydroxyl groups is 1. The van der Waals surface area contributed by atoms with Crippen molar-refractivity contribution in [3.63, 3.8) is 0 Å². The normalized spacial score (nSPS) is 24.7. The van der Waals surface area contributed by atoms with Gasteiger partial charge in [-0.3, -0.25) is 4.90 Å². The van der Waals surface area contributed by atoms with E-state index in [0.717, 1.165) is 44.6 Å². The predicted molar refractivity (Wildman–Crippen MR) is 70.0 cm³/mol. The van der Waals surface area contributed by atoms with Gasteiger partial charge in [0, 0.05) is 12.6 Å². The molecule has 102 valence electrons. The van der Waals surface area contributed by atoms with Crippen LogP contribution in [0.4, 0.5) is 0 Å². The van der Waals surface area contributed by atoms with Crippen LogP contribution in [0.25, 0.3) is 0 Å². The van der Waals surface area contributed by atoms with E-state index in [9.17, 15) is 5.11 Å². The van der Waals surface area contributed by atoms with Gasteiger partial charge in [-0.1, -0.05) is 19.8 Å². The molecule has 2 unspecified atom stereocenters. The third-order valence-corrected chi connectivity index (χ3v) is 3.78. The van der Waals surface area contributed by atoms with E-state index < -0.39 is 0 Å². The van der Waals surface area contributed by atoms with Crippen LogP contribution in [0, 0.1) is 0 Å². The van der Waals surface area contributed by atoms with E-state index in [1.165, 1.54) is 6.42 Å². The van der Waals surface area contributed by atoms with E-state index >= 15 is 0 Å².